The molecule has 0 fully saturated rings. The van der Waals surface area contributed by atoms with Crippen molar-refractivity contribution in [2.24, 2.45) is 0 Å². The predicted octanol–water partition coefficient (Wildman–Crippen LogP) is 3.21. The maximum absolute atomic E-state index is 6.21. The van der Waals surface area contributed by atoms with E-state index in [1.807, 2.05) is 36.4 Å². The molecular weight excluding hydrogens is 416 g/mol. The van der Waals surface area contributed by atoms with Gasteiger partial charge in [-0.15, -0.1) is 0 Å². The zero-order valence-electron chi connectivity index (χ0n) is 18.5. The number of hydrogen-bond acceptors (Lipinski definition) is 6. The maximum Gasteiger partial charge on any atom is 0.169 e. The zero-order valence-corrected chi connectivity index (χ0v) is 19.3. The van der Waals surface area contributed by atoms with E-state index < -0.39 is 0 Å². The molecule has 1 aliphatic heterocycles. The molecule has 1 atom stereocenters. The van der Waals surface area contributed by atoms with Crippen LogP contribution in [0.2, 0.25) is 0 Å². The number of rotatable bonds is 9. The van der Waals surface area contributed by atoms with Crippen LogP contribution >= 0.6 is 12.2 Å². The van der Waals surface area contributed by atoms with Gasteiger partial charge in [0, 0.05) is 20.2 Å². The van der Waals surface area contributed by atoms with E-state index in [1.54, 1.807) is 28.4 Å². The highest BCUT2D eigenvalue weighted by molar-refractivity contribution is 7.80. The Balaban J connectivity index is 1.91. The monoisotopic (exact) mass is 446 g/mol. The Labute approximate surface area is 189 Å². The van der Waals surface area contributed by atoms with Gasteiger partial charge in [0.1, 0.15) is 6.61 Å². The molecule has 0 spiro atoms. The Morgan fingerprint density at radius 2 is 1.68 bits per heavy atom. The highest BCUT2D eigenvalue weighted by Crippen LogP contribution is 2.39. The lowest BCUT2D eigenvalue weighted by Gasteiger charge is -2.39. The van der Waals surface area contributed by atoms with Crippen LogP contribution in [0.1, 0.15) is 17.2 Å². The van der Waals surface area contributed by atoms with Crippen LogP contribution in [0.4, 0.5) is 0 Å². The third kappa shape index (κ3) is 5.32. The molecule has 0 saturated carbocycles. The molecule has 7 nitrogen and oxygen atoms in total. The molecule has 31 heavy (non-hydrogen) atoms. The van der Waals surface area contributed by atoms with Gasteiger partial charge in [-0.1, -0.05) is 12.1 Å². The summed E-state index contributed by atoms with van der Waals surface area (Å²) in [7, 11) is 6.60. The summed E-state index contributed by atoms with van der Waals surface area (Å²) < 4.78 is 27.8. The molecule has 168 valence electrons. The van der Waals surface area contributed by atoms with Crippen LogP contribution in [0.15, 0.2) is 36.4 Å². The molecule has 2 aromatic carbocycles. The smallest absolute Gasteiger partial charge is 0.169 e. The van der Waals surface area contributed by atoms with Gasteiger partial charge in [0.05, 0.1) is 34.0 Å². The first-order valence-corrected chi connectivity index (χ1v) is 10.6. The molecule has 3 rings (SSSR count). The quantitative estimate of drug-likeness (QED) is 0.466. The highest BCUT2D eigenvalue weighted by Gasteiger charge is 2.31. The first-order chi connectivity index (χ1) is 15.1. The van der Waals surface area contributed by atoms with E-state index in [0.29, 0.717) is 42.1 Å². The van der Waals surface area contributed by atoms with Crippen molar-refractivity contribution in [3.8, 4) is 23.0 Å². The summed E-state index contributed by atoms with van der Waals surface area (Å²) in [5.74, 6) is 2.79. The van der Waals surface area contributed by atoms with Gasteiger partial charge in [-0.3, -0.25) is 0 Å². The van der Waals surface area contributed by atoms with E-state index in [0.717, 1.165) is 24.3 Å². The first-order valence-electron chi connectivity index (χ1n) is 10.2. The molecule has 0 amide bonds. The van der Waals surface area contributed by atoms with Crippen LogP contribution < -0.4 is 24.3 Å². The summed E-state index contributed by atoms with van der Waals surface area (Å²) in [4.78, 5) is 2.16. The van der Waals surface area contributed by atoms with Crippen LogP contribution in [0.25, 0.3) is 0 Å². The zero-order chi connectivity index (χ0) is 22.2. The summed E-state index contributed by atoms with van der Waals surface area (Å²) in [5, 5.41) is 3.95. The van der Waals surface area contributed by atoms with Crippen molar-refractivity contribution in [3.63, 3.8) is 0 Å². The van der Waals surface area contributed by atoms with Crippen molar-refractivity contribution in [2.75, 3.05) is 54.7 Å². The average molecular weight is 447 g/mol. The number of methoxy groups -OCH3 is 4. The Bertz CT molecular complexity index is 892. The second kappa shape index (κ2) is 11.1. The number of ether oxygens (including phenoxy) is 5. The van der Waals surface area contributed by atoms with Gasteiger partial charge in [-0.05, 0) is 54.0 Å². The summed E-state index contributed by atoms with van der Waals surface area (Å²) >= 11 is 5.71. The van der Waals surface area contributed by atoms with E-state index in [-0.39, 0.29) is 6.04 Å². The minimum atomic E-state index is -0.101. The number of thiocarbonyl (C=S) groups is 1. The topological polar surface area (TPSA) is 61.4 Å². The van der Waals surface area contributed by atoms with Gasteiger partial charge < -0.3 is 33.9 Å². The minimum absolute atomic E-state index is 0.101. The Kier molecular flexibility index (Phi) is 8.20. The second-order valence-corrected chi connectivity index (χ2v) is 7.44. The Morgan fingerprint density at radius 3 is 2.35 bits per heavy atom. The molecule has 1 unspecified atom stereocenters. The molecule has 8 heteroatoms. The second-order valence-electron chi connectivity index (χ2n) is 7.05. The molecule has 1 N–H and O–H groups in total. The molecular formula is C23H30N2O5S. The molecule has 0 aliphatic carbocycles. The fraction of sp³-hybridized carbons (Fsp3) is 0.435. The third-order valence-corrected chi connectivity index (χ3v) is 5.69. The van der Waals surface area contributed by atoms with E-state index in [9.17, 15) is 0 Å². The van der Waals surface area contributed by atoms with E-state index in [4.69, 9.17) is 35.9 Å². The van der Waals surface area contributed by atoms with Gasteiger partial charge in [0.2, 0.25) is 0 Å². The lowest BCUT2D eigenvalue weighted by molar-refractivity contribution is 0.178. The standard InChI is InChI=1S/C23H30N2O5S/c1-26-12-10-24-23(31)25-11-9-16-13-21(28-3)22(29-4)14-17(16)18(25)15-30-20-8-6-5-7-19(20)27-2/h5-8,13-14,18H,9-12,15H2,1-4H3,(H,24,31). The van der Waals surface area contributed by atoms with Crippen LogP contribution in [0.3, 0.4) is 0 Å². The molecule has 0 radical (unpaired) electrons. The normalized spacial score (nSPS) is 15.1. The fourth-order valence-corrected chi connectivity index (χ4v) is 4.04. The lowest BCUT2D eigenvalue weighted by atomic mass is 9.92. The summed E-state index contributed by atoms with van der Waals surface area (Å²) in [6, 6.07) is 11.6. The maximum atomic E-state index is 6.21. The SMILES string of the molecule is COCCNC(=S)N1CCc2cc(OC)c(OC)cc2C1COc1ccccc1OC. The predicted molar refractivity (Wildman–Crippen MR) is 124 cm³/mol. The van der Waals surface area contributed by atoms with Gasteiger partial charge >= 0.3 is 0 Å². The van der Waals surface area contributed by atoms with E-state index in [1.165, 1.54) is 5.56 Å². The summed E-state index contributed by atoms with van der Waals surface area (Å²) in [6.07, 6.45) is 0.840. The van der Waals surface area contributed by atoms with E-state index in [2.05, 4.69) is 10.2 Å². The van der Waals surface area contributed by atoms with Gasteiger partial charge in [-0.25, -0.2) is 0 Å². The third-order valence-electron chi connectivity index (χ3n) is 5.31. The van der Waals surface area contributed by atoms with Gasteiger partial charge in [0.25, 0.3) is 0 Å². The van der Waals surface area contributed by atoms with Crippen molar-refractivity contribution in [1.29, 1.82) is 0 Å². The largest absolute Gasteiger partial charge is 0.493 e. The van der Waals surface area contributed by atoms with Crippen molar-refractivity contribution in [1.82, 2.24) is 10.2 Å². The van der Waals surface area contributed by atoms with Gasteiger partial charge in [0.15, 0.2) is 28.1 Å². The first kappa shape index (κ1) is 23.0. The Hall–Kier alpha value is -2.71. The minimum Gasteiger partial charge on any atom is -0.493 e. The fourth-order valence-electron chi connectivity index (χ4n) is 3.72. The van der Waals surface area contributed by atoms with Crippen LogP contribution in [0, 0.1) is 0 Å². The number of nitrogens with zero attached hydrogens (tertiary/aromatic N) is 1. The van der Waals surface area contributed by atoms with Crippen LogP contribution in [-0.2, 0) is 11.2 Å². The number of fused-ring (bicyclic) bond motifs is 1. The van der Waals surface area contributed by atoms with Crippen molar-refractivity contribution < 1.29 is 23.7 Å². The molecule has 2 aromatic rings. The molecule has 1 heterocycles. The summed E-state index contributed by atoms with van der Waals surface area (Å²) in [5.41, 5.74) is 2.30. The van der Waals surface area contributed by atoms with Crippen LogP contribution in [0.5, 0.6) is 23.0 Å². The van der Waals surface area contributed by atoms with Crippen molar-refractivity contribution in [2.45, 2.75) is 12.5 Å². The van der Waals surface area contributed by atoms with E-state index >= 15 is 0 Å². The number of para-hydroxylation sites is 2. The number of hydrogen-bond donors (Lipinski definition) is 1. The average Bonchev–Trinajstić information content (AvgIpc) is 2.81. The number of benzene rings is 2. The van der Waals surface area contributed by atoms with Crippen molar-refractivity contribution >= 4 is 17.3 Å². The Morgan fingerprint density at radius 1 is 1.00 bits per heavy atom. The molecule has 0 aromatic heterocycles. The van der Waals surface area contributed by atoms with Crippen LogP contribution in [-0.4, -0.2) is 64.8 Å². The molecule has 0 bridgehead atoms. The van der Waals surface area contributed by atoms with Gasteiger partial charge in [-0.2, -0.15) is 0 Å². The highest BCUT2D eigenvalue weighted by atomic mass is 32.1. The lowest BCUT2D eigenvalue weighted by Crippen LogP contribution is -2.47. The molecule has 0 saturated heterocycles. The van der Waals surface area contributed by atoms with Crippen molar-refractivity contribution in [3.05, 3.63) is 47.5 Å². The molecule has 1 aliphatic rings. The summed E-state index contributed by atoms with van der Waals surface area (Å²) in [6.45, 7) is 2.39. The number of nitrogens with one attached hydrogen (secondary N) is 1.